The number of aliphatic hydroxyl groups is 3. The molecule has 0 bridgehead atoms. The summed E-state index contributed by atoms with van der Waals surface area (Å²) in [5.41, 5.74) is 1.58. The Morgan fingerprint density at radius 3 is 2.57 bits per heavy atom. The minimum absolute atomic E-state index is 0.349. The van der Waals surface area contributed by atoms with Gasteiger partial charge in [0.2, 0.25) is 5.95 Å². The summed E-state index contributed by atoms with van der Waals surface area (Å²) in [7, 11) is 3.69. The Morgan fingerprint density at radius 2 is 1.95 bits per heavy atom. The van der Waals surface area contributed by atoms with Crippen molar-refractivity contribution in [3.8, 4) is 0 Å². The molecule has 1 aliphatic rings. The molecular weight excluding hydrogens is 274 g/mol. The summed E-state index contributed by atoms with van der Waals surface area (Å²) >= 11 is 0. The lowest BCUT2D eigenvalue weighted by molar-refractivity contribution is -0.0501. The highest BCUT2D eigenvalue weighted by atomic mass is 16.6. The first-order valence-electron chi connectivity index (χ1n) is 6.81. The number of para-hydroxylation sites is 2. The van der Waals surface area contributed by atoms with Crippen LogP contribution in [0.3, 0.4) is 0 Å². The third-order valence-electron chi connectivity index (χ3n) is 3.75. The molecule has 3 rings (SSSR count). The number of aliphatic hydroxyl groups excluding tert-OH is 3. The van der Waals surface area contributed by atoms with E-state index in [1.807, 2.05) is 43.3 Å². The number of anilines is 1. The third kappa shape index (κ3) is 2.18. The number of rotatable bonds is 3. The summed E-state index contributed by atoms with van der Waals surface area (Å²) in [4.78, 5) is 6.33. The van der Waals surface area contributed by atoms with Crippen LogP contribution in [0.5, 0.6) is 0 Å². The van der Waals surface area contributed by atoms with Crippen molar-refractivity contribution in [2.75, 3.05) is 25.6 Å². The maximum Gasteiger partial charge on any atom is 0.208 e. The Bertz CT molecular complexity index is 642. The quantitative estimate of drug-likeness (QED) is 0.720. The Kier molecular flexibility index (Phi) is 3.58. The number of fused-ring (bicyclic) bond motifs is 1. The van der Waals surface area contributed by atoms with Gasteiger partial charge in [-0.1, -0.05) is 12.1 Å². The summed E-state index contributed by atoms with van der Waals surface area (Å²) in [5.74, 6) is 0.617. The molecule has 1 fully saturated rings. The summed E-state index contributed by atoms with van der Waals surface area (Å²) in [6.45, 7) is -0.349. The van der Waals surface area contributed by atoms with Gasteiger partial charge in [0.1, 0.15) is 18.3 Å². The first-order chi connectivity index (χ1) is 10.0. The van der Waals surface area contributed by atoms with Gasteiger partial charge in [0.25, 0.3) is 0 Å². The van der Waals surface area contributed by atoms with Crippen LogP contribution in [0.25, 0.3) is 11.0 Å². The maximum atomic E-state index is 10.2. The highest BCUT2D eigenvalue weighted by molar-refractivity contribution is 5.79. The predicted octanol–water partition coefficient (Wildman–Crippen LogP) is -0.286. The fourth-order valence-corrected chi connectivity index (χ4v) is 2.69. The van der Waals surface area contributed by atoms with Gasteiger partial charge in [0.05, 0.1) is 17.6 Å². The average molecular weight is 293 g/mol. The smallest absolute Gasteiger partial charge is 0.208 e. The standard InChI is InChI=1S/C14H19N3O4/c1-16(2)14-15-8-5-3-4-6-9(8)17(14)13-12(20)11(19)10(7-18)21-13/h3-6,10-13,18-20H,7H2,1-2H3/t10-,11-,12-,13-/m1/s1. The van der Waals surface area contributed by atoms with E-state index in [-0.39, 0.29) is 6.61 Å². The van der Waals surface area contributed by atoms with Gasteiger partial charge in [0, 0.05) is 14.1 Å². The number of nitrogens with zero attached hydrogens (tertiary/aromatic N) is 3. The number of benzene rings is 1. The van der Waals surface area contributed by atoms with E-state index >= 15 is 0 Å². The van der Waals surface area contributed by atoms with E-state index in [2.05, 4.69) is 4.98 Å². The van der Waals surface area contributed by atoms with Crippen LogP contribution in [0.15, 0.2) is 24.3 Å². The average Bonchev–Trinajstić information content (AvgIpc) is 2.98. The molecule has 4 atom stereocenters. The topological polar surface area (TPSA) is 91.0 Å². The summed E-state index contributed by atoms with van der Waals surface area (Å²) in [6, 6.07) is 7.52. The van der Waals surface area contributed by atoms with E-state index in [1.165, 1.54) is 0 Å². The van der Waals surface area contributed by atoms with Crippen molar-refractivity contribution in [2.24, 2.45) is 0 Å². The van der Waals surface area contributed by atoms with Crippen LogP contribution in [-0.4, -0.2) is 63.9 Å². The lowest BCUT2D eigenvalue weighted by Gasteiger charge is -2.22. The van der Waals surface area contributed by atoms with Crippen LogP contribution in [0.4, 0.5) is 5.95 Å². The molecule has 0 unspecified atom stereocenters. The number of ether oxygens (including phenoxy) is 1. The first-order valence-corrected chi connectivity index (χ1v) is 6.81. The van der Waals surface area contributed by atoms with Crippen molar-refractivity contribution in [1.29, 1.82) is 0 Å². The van der Waals surface area contributed by atoms with E-state index in [0.717, 1.165) is 11.0 Å². The molecule has 1 aliphatic heterocycles. The zero-order chi connectivity index (χ0) is 15.1. The van der Waals surface area contributed by atoms with E-state index in [9.17, 15) is 15.3 Å². The molecule has 1 aromatic heterocycles. The lowest BCUT2D eigenvalue weighted by Crippen LogP contribution is -2.33. The van der Waals surface area contributed by atoms with Crippen LogP contribution in [0.1, 0.15) is 6.23 Å². The van der Waals surface area contributed by atoms with Crippen molar-refractivity contribution >= 4 is 17.0 Å². The number of aromatic nitrogens is 2. The molecule has 2 heterocycles. The van der Waals surface area contributed by atoms with E-state index < -0.39 is 24.5 Å². The Balaban J connectivity index is 2.13. The van der Waals surface area contributed by atoms with Crippen LogP contribution >= 0.6 is 0 Å². The normalized spacial score (nSPS) is 29.2. The third-order valence-corrected chi connectivity index (χ3v) is 3.75. The molecule has 1 saturated heterocycles. The molecule has 0 radical (unpaired) electrons. The van der Waals surface area contributed by atoms with Gasteiger partial charge in [0.15, 0.2) is 6.23 Å². The lowest BCUT2D eigenvalue weighted by atomic mass is 10.1. The molecule has 0 saturated carbocycles. The predicted molar refractivity (Wildman–Crippen MR) is 77.1 cm³/mol. The molecule has 3 N–H and O–H groups in total. The molecule has 1 aromatic carbocycles. The fraction of sp³-hybridized carbons (Fsp3) is 0.500. The second-order valence-electron chi connectivity index (χ2n) is 5.39. The first kappa shape index (κ1) is 14.3. The van der Waals surface area contributed by atoms with Crippen molar-refractivity contribution in [3.63, 3.8) is 0 Å². The van der Waals surface area contributed by atoms with Gasteiger partial charge in [-0.2, -0.15) is 0 Å². The minimum atomic E-state index is -1.13. The highest BCUT2D eigenvalue weighted by Crippen LogP contribution is 2.35. The largest absolute Gasteiger partial charge is 0.394 e. The van der Waals surface area contributed by atoms with E-state index in [0.29, 0.717) is 5.95 Å². The van der Waals surface area contributed by atoms with Crippen LogP contribution in [0.2, 0.25) is 0 Å². The number of hydrogen-bond donors (Lipinski definition) is 3. The SMILES string of the molecule is CN(C)c1nc2ccccc2n1[C@@H]1O[C@H](CO)[C@@H](O)[C@H]1O. The molecule has 114 valence electrons. The van der Waals surface area contributed by atoms with Crippen molar-refractivity contribution in [3.05, 3.63) is 24.3 Å². The van der Waals surface area contributed by atoms with Gasteiger partial charge >= 0.3 is 0 Å². The summed E-state index contributed by atoms with van der Waals surface area (Å²) < 4.78 is 7.37. The Labute approximate surface area is 122 Å². The molecule has 7 nitrogen and oxygen atoms in total. The van der Waals surface area contributed by atoms with Crippen molar-refractivity contribution < 1.29 is 20.1 Å². The maximum absolute atomic E-state index is 10.2. The van der Waals surface area contributed by atoms with Crippen molar-refractivity contribution in [2.45, 2.75) is 24.5 Å². The zero-order valence-corrected chi connectivity index (χ0v) is 11.9. The van der Waals surface area contributed by atoms with Gasteiger partial charge in [-0.25, -0.2) is 4.98 Å². The van der Waals surface area contributed by atoms with Gasteiger partial charge in [-0.3, -0.25) is 4.57 Å². The molecule has 2 aromatic rings. The Hall–Kier alpha value is -1.67. The van der Waals surface area contributed by atoms with Gasteiger partial charge in [-0.05, 0) is 12.1 Å². The van der Waals surface area contributed by atoms with Gasteiger partial charge in [-0.15, -0.1) is 0 Å². The minimum Gasteiger partial charge on any atom is -0.394 e. The van der Waals surface area contributed by atoms with E-state index in [1.54, 1.807) is 4.57 Å². The summed E-state index contributed by atoms with van der Waals surface area (Å²) in [6.07, 6.45) is -3.85. The van der Waals surface area contributed by atoms with Gasteiger partial charge < -0.3 is 25.0 Å². The van der Waals surface area contributed by atoms with Crippen LogP contribution < -0.4 is 4.90 Å². The molecule has 0 amide bonds. The highest BCUT2D eigenvalue weighted by Gasteiger charge is 2.44. The molecule has 7 heteroatoms. The van der Waals surface area contributed by atoms with Crippen molar-refractivity contribution in [1.82, 2.24) is 9.55 Å². The fourth-order valence-electron chi connectivity index (χ4n) is 2.69. The molecule has 21 heavy (non-hydrogen) atoms. The summed E-state index contributed by atoms with van der Waals surface area (Å²) in [5, 5.41) is 29.4. The monoisotopic (exact) mass is 293 g/mol. The second kappa shape index (κ2) is 5.27. The number of hydrogen-bond acceptors (Lipinski definition) is 6. The molecule has 0 spiro atoms. The van der Waals surface area contributed by atoms with E-state index in [4.69, 9.17) is 4.74 Å². The Morgan fingerprint density at radius 1 is 1.24 bits per heavy atom. The molecular formula is C14H19N3O4. The van der Waals surface area contributed by atoms with Crippen LogP contribution in [0, 0.1) is 0 Å². The van der Waals surface area contributed by atoms with Crippen LogP contribution in [-0.2, 0) is 4.74 Å². The molecule has 0 aliphatic carbocycles. The second-order valence-corrected chi connectivity index (χ2v) is 5.39. The zero-order valence-electron chi connectivity index (χ0n) is 11.9. The number of imidazole rings is 1.